The molecule has 0 spiro atoms. The van der Waals surface area contributed by atoms with Crippen LogP contribution in [0.4, 0.5) is 0 Å². The number of aromatic nitrogens is 2. The molecule has 7 amide bonds. The molecule has 0 aliphatic rings. The third-order valence-corrected chi connectivity index (χ3v) is 11.4. The van der Waals surface area contributed by atoms with Crippen LogP contribution in [0.15, 0.2) is 67.1 Å². The molecule has 20 nitrogen and oxygen atoms in total. The number of amides is 7. The van der Waals surface area contributed by atoms with Gasteiger partial charge in [-0.3, -0.25) is 38.4 Å². The van der Waals surface area contributed by atoms with Crippen molar-refractivity contribution in [3.05, 3.63) is 83.9 Å². The average molecular weight is 955 g/mol. The van der Waals surface area contributed by atoms with E-state index < -0.39 is 96.0 Å². The van der Waals surface area contributed by atoms with E-state index in [-0.39, 0.29) is 50.2 Å². The molecular weight excluding hydrogens is 893 g/mol. The van der Waals surface area contributed by atoms with Crippen molar-refractivity contribution in [1.29, 1.82) is 0 Å². The van der Waals surface area contributed by atoms with E-state index in [1.807, 2.05) is 20.1 Å². The van der Waals surface area contributed by atoms with Crippen LogP contribution in [0.3, 0.4) is 0 Å². The van der Waals surface area contributed by atoms with Gasteiger partial charge in [0.25, 0.3) is 0 Å². The highest BCUT2D eigenvalue weighted by Gasteiger charge is 2.34. The van der Waals surface area contributed by atoms with E-state index in [0.717, 1.165) is 0 Å². The monoisotopic (exact) mass is 954 g/mol. The Kier molecular flexibility index (Phi) is 23.0. The highest BCUT2D eigenvalue weighted by atomic mass is 32.2. The van der Waals surface area contributed by atoms with Crippen LogP contribution in [0.25, 0.3) is 0 Å². The second-order valence-electron chi connectivity index (χ2n) is 16.0. The molecule has 0 unspecified atom stereocenters. The summed E-state index contributed by atoms with van der Waals surface area (Å²) in [5, 5.41) is 34.8. The average Bonchev–Trinajstić information content (AvgIpc) is 3.79. The number of phenolic OH excluding ortho intramolecular Hbond substituents is 1. The van der Waals surface area contributed by atoms with Gasteiger partial charge >= 0.3 is 5.97 Å². The fourth-order valence-electron chi connectivity index (χ4n) is 6.61. The van der Waals surface area contributed by atoms with Crippen molar-refractivity contribution < 1.29 is 48.6 Å². The predicted octanol–water partition coefficient (Wildman–Crippen LogP) is -0.108. The van der Waals surface area contributed by atoms with Gasteiger partial charge in [0.15, 0.2) is 0 Å². The Hall–Kier alpha value is -6.13. The number of aromatic amines is 1. The SMILES string of the molecule is CSCC[C@H](NC(=O)[C@H](CC(C)C)NC(=O)[C@H](Cc1cnc[nH]1)NC(=O)[C@@H](Cc1ccccc1)NC(=O)[C@@H](CCSC)NC(=O)[C@H](N)Cc1ccc(O)cc1)C(=O)N[C@@H](CC(=O)O)C(N)=O. The summed E-state index contributed by atoms with van der Waals surface area (Å²) >= 11 is 2.82. The molecule has 0 saturated carbocycles. The van der Waals surface area contributed by atoms with Crippen LogP contribution in [-0.2, 0) is 57.6 Å². The number of aromatic hydroxyl groups is 1. The van der Waals surface area contributed by atoms with Crippen LogP contribution in [0, 0.1) is 5.92 Å². The molecule has 360 valence electrons. The number of nitrogens with two attached hydrogens (primary N) is 2. The summed E-state index contributed by atoms with van der Waals surface area (Å²) in [4.78, 5) is 114. The first-order chi connectivity index (χ1) is 31.4. The number of primary amides is 1. The molecule has 22 heteroatoms. The number of hydrogen-bond acceptors (Lipinski definition) is 13. The lowest BCUT2D eigenvalue weighted by Crippen LogP contribution is -2.60. The minimum Gasteiger partial charge on any atom is -0.508 e. The smallest absolute Gasteiger partial charge is 0.305 e. The maximum atomic E-state index is 14.4. The Morgan fingerprint density at radius 1 is 0.636 bits per heavy atom. The molecule has 13 N–H and O–H groups in total. The van der Waals surface area contributed by atoms with Gasteiger partial charge in [0, 0.05) is 24.7 Å². The van der Waals surface area contributed by atoms with Gasteiger partial charge in [-0.05, 0) is 78.9 Å². The van der Waals surface area contributed by atoms with E-state index in [1.165, 1.54) is 48.2 Å². The molecule has 0 bridgehead atoms. The van der Waals surface area contributed by atoms with E-state index in [2.05, 4.69) is 41.9 Å². The lowest BCUT2D eigenvalue weighted by molar-refractivity contribution is -0.140. The number of rotatable bonds is 29. The number of hydrogen-bond donors (Lipinski definition) is 11. The summed E-state index contributed by atoms with van der Waals surface area (Å²) in [6.07, 6.45) is 6.05. The summed E-state index contributed by atoms with van der Waals surface area (Å²) in [6.45, 7) is 3.62. The van der Waals surface area contributed by atoms with E-state index in [9.17, 15) is 48.6 Å². The zero-order chi connectivity index (χ0) is 48.8. The van der Waals surface area contributed by atoms with Crippen molar-refractivity contribution >= 4 is 70.8 Å². The lowest BCUT2D eigenvalue weighted by Gasteiger charge is -2.28. The normalized spacial score (nSPS) is 14.3. The Bertz CT molecular complexity index is 2060. The largest absolute Gasteiger partial charge is 0.508 e. The first kappa shape index (κ1) is 54.2. The molecule has 66 heavy (non-hydrogen) atoms. The van der Waals surface area contributed by atoms with Crippen LogP contribution in [0.2, 0.25) is 0 Å². The quantitative estimate of drug-likeness (QED) is 0.0433. The van der Waals surface area contributed by atoms with Crippen molar-refractivity contribution in [2.24, 2.45) is 17.4 Å². The molecule has 0 saturated heterocycles. The molecule has 0 aliphatic carbocycles. The zero-order valence-corrected chi connectivity index (χ0v) is 39.0. The number of carboxylic acid groups (broad SMARTS) is 1. The Balaban J connectivity index is 1.89. The van der Waals surface area contributed by atoms with Crippen LogP contribution < -0.4 is 43.4 Å². The van der Waals surface area contributed by atoms with Crippen molar-refractivity contribution in [1.82, 2.24) is 41.9 Å². The molecule has 3 rings (SSSR count). The van der Waals surface area contributed by atoms with E-state index >= 15 is 0 Å². The van der Waals surface area contributed by atoms with Gasteiger partial charge in [-0.25, -0.2) is 4.98 Å². The highest BCUT2D eigenvalue weighted by Crippen LogP contribution is 2.13. The third-order valence-electron chi connectivity index (χ3n) is 10.1. The Labute approximate surface area is 392 Å². The van der Waals surface area contributed by atoms with Gasteiger partial charge in [-0.15, -0.1) is 0 Å². The summed E-state index contributed by atoms with van der Waals surface area (Å²) < 4.78 is 0. The summed E-state index contributed by atoms with van der Waals surface area (Å²) in [7, 11) is 0. The second-order valence-corrected chi connectivity index (χ2v) is 18.0. The lowest BCUT2D eigenvalue weighted by atomic mass is 10.0. The molecule has 0 fully saturated rings. The Morgan fingerprint density at radius 3 is 1.61 bits per heavy atom. The first-order valence-corrected chi connectivity index (χ1v) is 24.0. The predicted molar refractivity (Wildman–Crippen MR) is 251 cm³/mol. The topological polar surface area (TPSA) is 330 Å². The van der Waals surface area contributed by atoms with Crippen LogP contribution in [0.1, 0.15) is 56.4 Å². The zero-order valence-electron chi connectivity index (χ0n) is 37.4. The van der Waals surface area contributed by atoms with E-state index in [4.69, 9.17) is 11.5 Å². The van der Waals surface area contributed by atoms with Crippen molar-refractivity contribution in [3.63, 3.8) is 0 Å². The number of benzene rings is 2. The molecule has 1 heterocycles. The van der Waals surface area contributed by atoms with Gasteiger partial charge in [-0.1, -0.05) is 56.3 Å². The highest BCUT2D eigenvalue weighted by molar-refractivity contribution is 7.98. The molecule has 0 aliphatic heterocycles. The molecule has 3 aromatic rings. The van der Waals surface area contributed by atoms with Crippen molar-refractivity contribution in [2.75, 3.05) is 24.0 Å². The summed E-state index contributed by atoms with van der Waals surface area (Å²) in [5.74, 6) is -6.11. The molecule has 2 aromatic carbocycles. The number of thioether (sulfide) groups is 2. The second kappa shape index (κ2) is 28.0. The van der Waals surface area contributed by atoms with E-state index in [0.29, 0.717) is 28.3 Å². The first-order valence-electron chi connectivity index (χ1n) is 21.3. The van der Waals surface area contributed by atoms with Gasteiger partial charge in [0.2, 0.25) is 41.4 Å². The minimum absolute atomic E-state index is 0.0126. The summed E-state index contributed by atoms with van der Waals surface area (Å²) in [5.41, 5.74) is 13.4. The molecule has 0 radical (unpaired) electrons. The number of nitrogens with one attached hydrogen (secondary N) is 7. The number of carbonyl (C=O) groups excluding carboxylic acids is 7. The standard InChI is InChI=1S/C44H62N10O10S2/c1-25(2)18-34(42(62)50-32(15-17-66-4)40(60)51-33(38(46)58)22-37(56)57)52-44(64)36(21-28-23-47-24-48-28)54-43(63)35(20-26-8-6-5-7-9-26)53-41(61)31(14-16-65-3)49-39(59)30(45)19-27-10-12-29(55)13-11-27/h5-13,23-25,30-36,55H,14-22,45H2,1-4H3,(H2,46,58)(H,47,48)(H,49,59)(H,50,62)(H,51,60)(H,52,64)(H,53,61)(H,54,63)(H,56,57)/t30-,31-,32+,33+,34+,35-,36+/m1/s1. The fourth-order valence-corrected chi connectivity index (χ4v) is 7.56. The fraction of sp³-hybridized carbons (Fsp3) is 0.477. The van der Waals surface area contributed by atoms with E-state index in [1.54, 1.807) is 48.7 Å². The van der Waals surface area contributed by atoms with Gasteiger partial charge in [-0.2, -0.15) is 23.5 Å². The number of H-pyrrole nitrogens is 1. The van der Waals surface area contributed by atoms with Crippen LogP contribution in [0.5, 0.6) is 5.75 Å². The van der Waals surface area contributed by atoms with Gasteiger partial charge < -0.3 is 58.6 Å². The molecule has 1 aromatic heterocycles. The molecule has 7 atom stereocenters. The van der Waals surface area contributed by atoms with Crippen molar-refractivity contribution in [3.8, 4) is 5.75 Å². The van der Waals surface area contributed by atoms with Crippen LogP contribution in [-0.4, -0.2) is 134 Å². The number of nitrogens with zero attached hydrogens (tertiary/aromatic N) is 1. The van der Waals surface area contributed by atoms with Crippen LogP contribution >= 0.6 is 23.5 Å². The third kappa shape index (κ3) is 19.1. The minimum atomic E-state index is -1.54. The van der Waals surface area contributed by atoms with Gasteiger partial charge in [0.05, 0.1) is 18.8 Å². The van der Waals surface area contributed by atoms with Crippen molar-refractivity contribution in [2.45, 2.75) is 101 Å². The maximum absolute atomic E-state index is 14.4. The molecular formula is C44H62N10O10S2. The van der Waals surface area contributed by atoms with Gasteiger partial charge in [0.1, 0.15) is 42.0 Å². The number of carboxylic acids is 1. The number of phenols is 1. The maximum Gasteiger partial charge on any atom is 0.305 e. The summed E-state index contributed by atoms with van der Waals surface area (Å²) in [6, 6.07) is 6.28. The number of carbonyl (C=O) groups is 8. The number of imidazole rings is 1. The number of aliphatic carboxylic acids is 1. The Morgan fingerprint density at radius 2 is 1.11 bits per heavy atom.